The highest BCUT2D eigenvalue weighted by Gasteiger charge is 2.32. The Labute approximate surface area is 291 Å². The minimum atomic E-state index is -0.528. The number of likely N-dealkylation sites (tertiary alicyclic amines) is 1. The topological polar surface area (TPSA) is 94.5 Å². The number of halogens is 3. The molecule has 1 fully saturated rings. The Balaban J connectivity index is 1.37. The summed E-state index contributed by atoms with van der Waals surface area (Å²) in [6.07, 6.45) is 5.73. The average Bonchev–Trinajstić information content (AvgIpc) is 3.55. The number of hydrogen-bond donors (Lipinski definition) is 4. The van der Waals surface area contributed by atoms with Gasteiger partial charge in [-0.25, -0.2) is 4.39 Å². The van der Waals surface area contributed by atoms with Crippen molar-refractivity contribution in [2.75, 3.05) is 42.7 Å². The molecule has 0 radical (unpaired) electrons. The number of piperidine rings is 1. The van der Waals surface area contributed by atoms with Crippen LogP contribution in [0.25, 0.3) is 10.9 Å². The summed E-state index contributed by atoms with van der Waals surface area (Å²) in [5, 5.41) is 20.2. The van der Waals surface area contributed by atoms with E-state index in [-0.39, 0.29) is 16.6 Å². The zero-order chi connectivity index (χ0) is 34.2. The van der Waals surface area contributed by atoms with Gasteiger partial charge in [0, 0.05) is 73.6 Å². The Kier molecular flexibility index (Phi) is 9.59. The molecule has 4 N–H and O–H groups in total. The third kappa shape index (κ3) is 7.10. The number of aromatic nitrogens is 1. The zero-order valence-corrected chi connectivity index (χ0v) is 29.2. The van der Waals surface area contributed by atoms with Gasteiger partial charge in [0.1, 0.15) is 11.9 Å². The molecule has 0 spiro atoms. The summed E-state index contributed by atoms with van der Waals surface area (Å²) >= 11 is 12.9. The lowest BCUT2D eigenvalue weighted by molar-refractivity contribution is 0.0570. The van der Waals surface area contributed by atoms with E-state index in [0.29, 0.717) is 38.9 Å². The number of rotatable bonds is 8. The van der Waals surface area contributed by atoms with E-state index in [9.17, 15) is 9.65 Å². The lowest BCUT2D eigenvalue weighted by Gasteiger charge is -2.42. The van der Waals surface area contributed by atoms with Crippen LogP contribution in [-0.2, 0) is 0 Å². The molecule has 1 saturated heterocycles. The number of fused-ring (bicyclic) bond motifs is 1. The van der Waals surface area contributed by atoms with Gasteiger partial charge in [-0.05, 0) is 81.6 Å². The molecule has 0 unspecified atom stereocenters. The van der Waals surface area contributed by atoms with Crippen molar-refractivity contribution in [3.8, 4) is 6.07 Å². The molecule has 1 atom stereocenters. The lowest BCUT2D eigenvalue weighted by atomic mass is 9.97. The molecular weight excluding hydrogens is 648 g/mol. The van der Waals surface area contributed by atoms with Crippen molar-refractivity contribution in [1.82, 2.24) is 25.9 Å². The molecule has 0 aliphatic carbocycles. The second-order valence-electron chi connectivity index (χ2n) is 13.5. The molecule has 3 aromatic carbocycles. The first-order valence-electron chi connectivity index (χ1n) is 16.0. The monoisotopic (exact) mass is 687 g/mol. The van der Waals surface area contributed by atoms with Crippen LogP contribution in [0.3, 0.4) is 0 Å². The minimum absolute atomic E-state index is 0.0280. The third-order valence-corrected chi connectivity index (χ3v) is 9.57. The van der Waals surface area contributed by atoms with Crippen LogP contribution in [-0.4, -0.2) is 53.7 Å². The van der Waals surface area contributed by atoms with E-state index in [1.54, 1.807) is 6.07 Å². The van der Waals surface area contributed by atoms with E-state index >= 15 is 0 Å². The number of nitriles is 1. The highest BCUT2D eigenvalue weighted by Crippen LogP contribution is 2.38. The van der Waals surface area contributed by atoms with Gasteiger partial charge in [0.15, 0.2) is 0 Å². The van der Waals surface area contributed by atoms with E-state index in [2.05, 4.69) is 98.7 Å². The van der Waals surface area contributed by atoms with Crippen LogP contribution in [0.5, 0.6) is 0 Å². The Bertz CT molecular complexity index is 1890. The van der Waals surface area contributed by atoms with Crippen LogP contribution in [0, 0.1) is 17.1 Å². The van der Waals surface area contributed by atoms with Gasteiger partial charge >= 0.3 is 0 Å². The SMILES string of the molecule is CN(C)c1cccc([C@H](Nc2cc(Cl)c3ncc(C#N)c(Nc4ccc(F)c(Cl)c4)c3c2)C2=CN(C3CCN(C(C)(C)C)CC3)NN2)c1. The number of benzene rings is 3. The molecule has 250 valence electrons. The van der Waals surface area contributed by atoms with Crippen molar-refractivity contribution in [3.05, 3.63) is 99.7 Å². The van der Waals surface area contributed by atoms with Gasteiger partial charge in [-0.1, -0.05) is 35.3 Å². The van der Waals surface area contributed by atoms with E-state index in [0.717, 1.165) is 48.6 Å². The summed E-state index contributed by atoms with van der Waals surface area (Å²) in [5.74, 6) is -0.528. The maximum atomic E-state index is 13.9. The Morgan fingerprint density at radius 1 is 1.04 bits per heavy atom. The largest absolute Gasteiger partial charge is 0.378 e. The molecule has 48 heavy (non-hydrogen) atoms. The van der Waals surface area contributed by atoms with Gasteiger partial charge in [-0.15, -0.1) is 5.53 Å². The second-order valence-corrected chi connectivity index (χ2v) is 14.3. The smallest absolute Gasteiger partial charge is 0.141 e. The molecule has 0 bridgehead atoms. The number of hydrazine groups is 2. The molecule has 6 rings (SSSR count). The summed E-state index contributed by atoms with van der Waals surface area (Å²) in [5.41, 5.74) is 12.6. The van der Waals surface area contributed by atoms with E-state index in [4.69, 9.17) is 23.2 Å². The Morgan fingerprint density at radius 3 is 2.48 bits per heavy atom. The van der Waals surface area contributed by atoms with Gasteiger partial charge in [-0.3, -0.25) is 14.9 Å². The normalized spacial score (nSPS) is 16.3. The van der Waals surface area contributed by atoms with Crippen LogP contribution in [0.2, 0.25) is 10.0 Å². The molecule has 3 heterocycles. The minimum Gasteiger partial charge on any atom is -0.378 e. The number of anilines is 4. The van der Waals surface area contributed by atoms with Gasteiger partial charge in [-0.2, -0.15) is 5.26 Å². The predicted octanol–water partition coefficient (Wildman–Crippen LogP) is 7.94. The molecule has 4 aromatic rings. The molecule has 2 aliphatic heterocycles. The fourth-order valence-corrected chi connectivity index (χ4v) is 6.72. The summed E-state index contributed by atoms with van der Waals surface area (Å²) in [6, 6.07) is 18.7. The number of pyridine rings is 1. The Morgan fingerprint density at radius 2 is 1.79 bits per heavy atom. The highest BCUT2D eigenvalue weighted by molar-refractivity contribution is 6.36. The van der Waals surface area contributed by atoms with Crippen LogP contribution in [0.1, 0.15) is 50.8 Å². The summed E-state index contributed by atoms with van der Waals surface area (Å²) in [6.45, 7) is 8.89. The summed E-state index contributed by atoms with van der Waals surface area (Å²) in [4.78, 5) is 9.11. The quantitative estimate of drug-likeness (QED) is 0.147. The van der Waals surface area contributed by atoms with Crippen LogP contribution in [0.4, 0.5) is 27.1 Å². The average molecular weight is 689 g/mol. The lowest BCUT2D eigenvalue weighted by Crippen LogP contribution is -2.52. The standard InChI is InChI=1S/C36H40Cl2FN9/c1-36(2,3)47-13-11-26(12-14-47)48-21-32(44-45-48)34(22-7-6-8-27(15-22)46(4)5)43-25-16-28-33(42-24-9-10-31(39)29(37)17-24)23(19-40)20-41-35(28)30(38)18-25/h6-10,15-18,20-21,26,34,43-45H,11-14H2,1-5H3,(H,41,42)/t34-/m0/s1. The van der Waals surface area contributed by atoms with Crippen molar-refractivity contribution >= 4 is 56.9 Å². The van der Waals surface area contributed by atoms with E-state index in [1.165, 1.54) is 18.3 Å². The predicted molar refractivity (Wildman–Crippen MR) is 194 cm³/mol. The van der Waals surface area contributed by atoms with Crippen molar-refractivity contribution in [3.63, 3.8) is 0 Å². The van der Waals surface area contributed by atoms with E-state index in [1.807, 2.05) is 26.2 Å². The molecule has 0 saturated carbocycles. The fourth-order valence-electron chi connectivity index (χ4n) is 6.27. The first-order chi connectivity index (χ1) is 22.9. The molecule has 12 heteroatoms. The summed E-state index contributed by atoms with van der Waals surface area (Å²) in [7, 11) is 4.04. The molecule has 0 amide bonds. The van der Waals surface area contributed by atoms with Crippen molar-refractivity contribution in [2.45, 2.75) is 51.2 Å². The highest BCUT2D eigenvalue weighted by atomic mass is 35.5. The van der Waals surface area contributed by atoms with Gasteiger partial charge < -0.3 is 21.0 Å². The molecule has 9 nitrogen and oxygen atoms in total. The molecule has 1 aromatic heterocycles. The molecular formula is C36H40Cl2FN9. The maximum Gasteiger partial charge on any atom is 0.141 e. The van der Waals surface area contributed by atoms with Crippen LogP contribution in [0.15, 0.2) is 72.7 Å². The number of hydrogen-bond acceptors (Lipinski definition) is 9. The van der Waals surface area contributed by atoms with Gasteiger partial charge in [0.2, 0.25) is 0 Å². The van der Waals surface area contributed by atoms with Gasteiger partial charge in [0.25, 0.3) is 0 Å². The van der Waals surface area contributed by atoms with Gasteiger partial charge in [0.05, 0.1) is 38.6 Å². The van der Waals surface area contributed by atoms with Crippen molar-refractivity contribution < 1.29 is 4.39 Å². The second kappa shape index (κ2) is 13.7. The molecule has 2 aliphatic rings. The third-order valence-electron chi connectivity index (χ3n) is 8.99. The summed E-state index contributed by atoms with van der Waals surface area (Å²) < 4.78 is 13.9. The van der Waals surface area contributed by atoms with E-state index < -0.39 is 5.82 Å². The Hall–Kier alpha value is -4.27. The van der Waals surface area contributed by atoms with Crippen molar-refractivity contribution in [2.24, 2.45) is 0 Å². The first kappa shape index (κ1) is 33.6. The maximum absolute atomic E-state index is 13.9. The van der Waals surface area contributed by atoms with Crippen LogP contribution >= 0.6 is 23.2 Å². The fraction of sp³-hybridized carbons (Fsp3) is 0.333. The number of nitrogens with one attached hydrogen (secondary N) is 4. The van der Waals surface area contributed by atoms with Crippen LogP contribution < -0.4 is 26.5 Å². The number of nitrogens with zero attached hydrogens (tertiary/aromatic N) is 5. The van der Waals surface area contributed by atoms with Crippen molar-refractivity contribution in [1.29, 1.82) is 5.26 Å². The zero-order valence-electron chi connectivity index (χ0n) is 27.7. The first-order valence-corrected chi connectivity index (χ1v) is 16.7.